The van der Waals surface area contributed by atoms with Crippen LogP contribution in [0.15, 0.2) is 97.1 Å². The molecule has 8 aromatic rings. The molecular weight excluding hydrogens is 1210 g/mol. The zero-order valence-corrected chi connectivity index (χ0v) is 54.5. The van der Waals surface area contributed by atoms with E-state index in [9.17, 15) is 19.2 Å². The summed E-state index contributed by atoms with van der Waals surface area (Å²) < 4.78 is 33.2. The van der Waals surface area contributed by atoms with Crippen LogP contribution in [-0.4, -0.2) is 143 Å². The fourth-order valence-electron chi connectivity index (χ4n) is 7.90. The van der Waals surface area contributed by atoms with Gasteiger partial charge in [-0.25, -0.2) is 29.1 Å². The van der Waals surface area contributed by atoms with Gasteiger partial charge in [-0.2, -0.15) is 10.4 Å². The summed E-state index contributed by atoms with van der Waals surface area (Å²) in [4.78, 5) is 57.9. The Morgan fingerprint density at radius 1 is 0.602 bits per heavy atom. The molecule has 83 heavy (non-hydrogen) atoms. The van der Waals surface area contributed by atoms with Gasteiger partial charge >= 0.3 is 113 Å². The minimum Gasteiger partial charge on any atom is -1.00 e. The molecule has 1 N–H and O–H groups in total. The number of H-pyrrole nitrogens is 1. The van der Waals surface area contributed by atoms with Crippen molar-refractivity contribution < 1.29 is 124 Å². The first-order chi connectivity index (χ1) is 37.7. The fourth-order valence-corrected chi connectivity index (χ4v) is 8.45. The molecular formula is C55H61CaCl4KN12O10. The van der Waals surface area contributed by atoms with Crippen LogP contribution < -0.4 is 81.3 Å². The second kappa shape index (κ2) is 37.4. The van der Waals surface area contributed by atoms with E-state index in [4.69, 9.17) is 51.6 Å². The third kappa shape index (κ3) is 21.2. The van der Waals surface area contributed by atoms with Crippen LogP contribution in [0.1, 0.15) is 118 Å². The number of halogens is 4. The normalized spacial score (nSPS) is 10.3. The molecule has 0 aliphatic heterocycles. The fraction of sp³-hybridized carbons (Fsp3) is 0.345. The average Bonchev–Trinajstić information content (AvgIpc) is 4.27. The first kappa shape index (κ1) is 74.1. The first-order valence-electron chi connectivity index (χ1n) is 25.0. The summed E-state index contributed by atoms with van der Waals surface area (Å²) in [5, 5.41) is 29.5. The first-order valence-corrected chi connectivity index (χ1v) is 25.8. The van der Waals surface area contributed by atoms with Gasteiger partial charge in [0.2, 0.25) is 19.4 Å². The molecule has 0 spiro atoms. The van der Waals surface area contributed by atoms with Gasteiger partial charge in [-0.15, -0.1) is 10.2 Å². The maximum absolute atomic E-state index is 12.9. The van der Waals surface area contributed by atoms with Gasteiger partial charge in [0.05, 0.1) is 12.2 Å². The quantitative estimate of drug-likeness (QED) is 0.0439. The van der Waals surface area contributed by atoms with Crippen molar-refractivity contribution in [3.05, 3.63) is 142 Å². The van der Waals surface area contributed by atoms with E-state index in [0.29, 0.717) is 49.2 Å². The van der Waals surface area contributed by atoms with Gasteiger partial charge in [0.1, 0.15) is 11.6 Å². The molecule has 432 valence electrons. The summed E-state index contributed by atoms with van der Waals surface area (Å²) in [5.41, 5.74) is 7.53. The van der Waals surface area contributed by atoms with E-state index < -0.39 is 37.8 Å². The van der Waals surface area contributed by atoms with Crippen LogP contribution in [0.2, 0.25) is 10.3 Å². The number of hydrogen-bond acceptors (Lipinski definition) is 18. The summed E-state index contributed by atoms with van der Waals surface area (Å²) in [7, 11) is 0. The smallest absolute Gasteiger partial charge is 1.00 e. The standard InChI is InChI=1S/C27H29ClN6O5.C27H28ClN6O5.CH4.Ca.2ClH.K/c2*1-4-5-10-22-29-24(28)23(26(35)37-16-38-27(36)39-17(2)3)34(22)15-18-11-13-19(14-12-18)20-8-6-7-9-21(20)25-30-32-33-31-25;;;;;/h6-9,11-14,17H,4-5,10,15-16H2,1-3H3,(H,30,31,32,33);6-9,11-14,17H,4-5,10,15-16H2,1-3H3;1H4;;2*1H;/q;-1;;+2;;;+1/p-2. The number of imidazole rings is 2. The number of rotatable bonds is 22. The number of carbonyl (C=O) groups excluding carboxylic acids is 4. The van der Waals surface area contributed by atoms with Crippen molar-refractivity contribution in [3.63, 3.8) is 0 Å². The topological polar surface area (TPSA) is 267 Å². The van der Waals surface area contributed by atoms with Gasteiger partial charge in [0, 0.05) is 37.3 Å². The number of carbonyl (C=O) groups is 4. The largest absolute Gasteiger partial charge is 2.00 e. The van der Waals surface area contributed by atoms with Gasteiger partial charge < -0.3 is 67.5 Å². The molecule has 4 aromatic carbocycles. The minimum atomic E-state index is -0.930. The molecule has 0 amide bonds. The molecule has 0 saturated carbocycles. The van der Waals surface area contributed by atoms with Gasteiger partial charge in [0.15, 0.2) is 21.7 Å². The Labute approximate surface area is 575 Å². The molecule has 0 unspecified atom stereocenters. The summed E-state index contributed by atoms with van der Waals surface area (Å²) in [6.07, 6.45) is 2.33. The summed E-state index contributed by atoms with van der Waals surface area (Å²) in [6, 6.07) is 31.4. The number of hydrogen-bond donors (Lipinski definition) is 1. The molecule has 0 bridgehead atoms. The van der Waals surface area contributed by atoms with Crippen molar-refractivity contribution in [2.24, 2.45) is 0 Å². The van der Waals surface area contributed by atoms with Crippen molar-refractivity contribution in [2.75, 3.05) is 13.6 Å². The van der Waals surface area contributed by atoms with Crippen LogP contribution >= 0.6 is 23.2 Å². The van der Waals surface area contributed by atoms with Crippen LogP contribution in [0, 0.1) is 0 Å². The predicted octanol–water partition coefficient (Wildman–Crippen LogP) is 1.80. The molecule has 0 saturated heterocycles. The van der Waals surface area contributed by atoms with Gasteiger partial charge in [-0.1, -0.05) is 154 Å². The van der Waals surface area contributed by atoms with Crippen LogP contribution in [0.3, 0.4) is 0 Å². The Morgan fingerprint density at radius 3 is 1.41 bits per heavy atom. The van der Waals surface area contributed by atoms with Gasteiger partial charge in [-0.3, -0.25) is 10.3 Å². The molecule has 28 heteroatoms. The molecule has 22 nitrogen and oxygen atoms in total. The van der Waals surface area contributed by atoms with E-state index in [2.05, 4.69) is 65.1 Å². The number of aromatic amines is 1. The van der Waals surface area contributed by atoms with Crippen LogP contribution in [-0.2, 0) is 54.4 Å². The van der Waals surface area contributed by atoms with E-state index in [1.807, 2.05) is 97.1 Å². The number of aromatic nitrogens is 12. The number of unbranched alkanes of at least 4 members (excludes halogenated alkanes) is 2. The average molecular weight is 1270 g/mol. The van der Waals surface area contributed by atoms with E-state index in [1.165, 1.54) is 0 Å². The maximum atomic E-state index is 12.9. The molecule has 4 heterocycles. The van der Waals surface area contributed by atoms with Gasteiger partial charge in [0.25, 0.3) is 0 Å². The van der Waals surface area contributed by atoms with Crippen LogP contribution in [0.5, 0.6) is 0 Å². The maximum Gasteiger partial charge on any atom is 2.00 e. The van der Waals surface area contributed by atoms with Crippen molar-refractivity contribution >= 4 is 85.2 Å². The molecule has 0 atom stereocenters. The molecule has 0 fully saturated rings. The third-order valence-corrected chi connectivity index (χ3v) is 12.0. The number of nitrogens with one attached hydrogen (secondary N) is 1. The minimum absolute atomic E-state index is 0. The Bertz CT molecular complexity index is 3050. The van der Waals surface area contributed by atoms with E-state index >= 15 is 0 Å². The van der Waals surface area contributed by atoms with E-state index in [1.54, 1.807) is 36.8 Å². The van der Waals surface area contributed by atoms with E-state index in [0.717, 1.165) is 70.2 Å². The summed E-state index contributed by atoms with van der Waals surface area (Å²) in [5.74, 6) is 0.784. The Morgan fingerprint density at radius 2 is 1.02 bits per heavy atom. The molecule has 8 rings (SSSR count). The number of esters is 2. The number of benzene rings is 4. The van der Waals surface area contributed by atoms with Gasteiger partial charge in [-0.05, 0) is 84.7 Å². The summed E-state index contributed by atoms with van der Waals surface area (Å²) >= 11 is 12.8. The van der Waals surface area contributed by atoms with Crippen molar-refractivity contribution in [1.29, 1.82) is 0 Å². The van der Waals surface area contributed by atoms with Crippen molar-refractivity contribution in [1.82, 2.24) is 60.4 Å². The Kier molecular flexibility index (Phi) is 33.4. The zero-order valence-electron chi connectivity index (χ0n) is 46.2. The predicted molar refractivity (Wildman–Crippen MR) is 297 cm³/mol. The second-order valence-corrected chi connectivity index (χ2v) is 18.6. The zero-order chi connectivity index (χ0) is 55.6. The van der Waals surface area contributed by atoms with Crippen LogP contribution in [0.4, 0.5) is 9.59 Å². The third-order valence-electron chi connectivity index (χ3n) is 11.5. The molecule has 0 aliphatic rings. The number of aryl methyl sites for hydroxylation is 2. The Hall–Kier alpha value is -5.02. The monoisotopic (exact) mass is 1270 g/mol. The van der Waals surface area contributed by atoms with Crippen molar-refractivity contribution in [2.45, 2.75) is 113 Å². The second-order valence-electron chi connectivity index (χ2n) is 17.9. The molecule has 0 radical (unpaired) electrons. The van der Waals surface area contributed by atoms with Crippen molar-refractivity contribution in [3.8, 4) is 45.0 Å². The SMILES string of the molecule is C.CCCCc1nc(Cl)c(C(=O)OCOC(=O)OC(C)C)n1Cc1ccc(-c2ccccc2-c2nn[nH]n2)cc1.CCCCc1nc(Cl)c(C(=O)OCOC(=O)OC(C)C)n1Cc1ccc(-c2ccccc2-c2nnn[n-]2)cc1.[Ca+2].[Cl-].[Cl-].[K+]. The molecule has 0 aliphatic carbocycles. The number of tetrazole rings is 2. The summed E-state index contributed by atoms with van der Waals surface area (Å²) in [6.45, 7) is 10.3. The Balaban J connectivity index is 0.000000535. The van der Waals surface area contributed by atoms with Crippen LogP contribution in [0.25, 0.3) is 45.0 Å². The van der Waals surface area contributed by atoms with E-state index in [-0.39, 0.29) is 155 Å². The number of nitrogens with zero attached hydrogens (tertiary/aromatic N) is 11. The molecule has 4 aromatic heterocycles. The number of ether oxygens (including phenoxy) is 6.